The van der Waals surface area contributed by atoms with E-state index in [0.717, 1.165) is 0 Å². The van der Waals surface area contributed by atoms with E-state index in [1.807, 2.05) is 0 Å². The molecule has 2 heterocycles. The molecular weight excluding hydrogens is 288 g/mol. The Hall–Kier alpha value is -1.76. The highest BCUT2D eigenvalue weighted by Crippen LogP contribution is 2.14. The lowest BCUT2D eigenvalue weighted by molar-refractivity contribution is 0.0515. The number of hydrogen-bond donors (Lipinski definition) is 0. The lowest BCUT2D eigenvalue weighted by atomic mass is 10.4. The van der Waals surface area contributed by atoms with E-state index < -0.39 is 5.97 Å². The maximum atomic E-state index is 11.7. The maximum absolute atomic E-state index is 11.7. The number of carbonyl (C=O) groups is 1. The van der Waals surface area contributed by atoms with Gasteiger partial charge in [-0.15, -0.1) is 0 Å². The number of ether oxygens (including phenoxy) is 1. The Balaban J connectivity index is 2.44. The molecule has 0 spiro atoms. The first kappa shape index (κ1) is 11.7. The number of nitrogens with zero attached hydrogens (tertiary/aromatic N) is 4. The maximum Gasteiger partial charge on any atom is 0.357 e. The number of aromatic nitrogens is 4. The van der Waals surface area contributed by atoms with Gasteiger partial charge in [0.2, 0.25) is 0 Å². The van der Waals surface area contributed by atoms with Crippen molar-refractivity contribution >= 4 is 21.9 Å². The first-order valence-corrected chi connectivity index (χ1v) is 5.71. The molecule has 0 fully saturated rings. The lowest BCUT2D eigenvalue weighted by Crippen LogP contribution is -2.13. The zero-order chi connectivity index (χ0) is 12.3. The van der Waals surface area contributed by atoms with Gasteiger partial charge in [0, 0.05) is 18.5 Å². The number of halogens is 1. The van der Waals surface area contributed by atoms with Gasteiger partial charge in [0.1, 0.15) is 4.60 Å². The predicted molar refractivity (Wildman–Crippen MR) is 62.8 cm³/mol. The molecule has 0 amide bonds. The molecule has 0 atom stereocenters. The van der Waals surface area contributed by atoms with Gasteiger partial charge in [-0.05, 0) is 28.9 Å². The summed E-state index contributed by atoms with van der Waals surface area (Å²) in [5.74, 6) is -0.139. The van der Waals surface area contributed by atoms with Crippen LogP contribution in [0.1, 0.15) is 17.4 Å². The molecule has 6 nitrogen and oxygen atoms in total. The van der Waals surface area contributed by atoms with Crippen molar-refractivity contribution in [1.82, 2.24) is 19.7 Å². The zero-order valence-electron chi connectivity index (χ0n) is 9.00. The third-order valence-electron chi connectivity index (χ3n) is 1.91. The number of carbonyl (C=O) groups excluding carboxylic acids is 1. The van der Waals surface area contributed by atoms with Gasteiger partial charge < -0.3 is 4.74 Å². The lowest BCUT2D eigenvalue weighted by Gasteiger charge is -2.04. The van der Waals surface area contributed by atoms with Crippen LogP contribution in [-0.2, 0) is 4.74 Å². The molecule has 17 heavy (non-hydrogen) atoms. The summed E-state index contributed by atoms with van der Waals surface area (Å²) < 4.78 is 6.78. The molecule has 0 radical (unpaired) electrons. The van der Waals surface area contributed by atoms with Crippen molar-refractivity contribution in [2.45, 2.75) is 6.92 Å². The third kappa shape index (κ3) is 2.50. The van der Waals surface area contributed by atoms with E-state index in [1.165, 1.54) is 4.68 Å². The molecule has 2 aromatic rings. The van der Waals surface area contributed by atoms with Gasteiger partial charge in [0.05, 0.1) is 6.61 Å². The van der Waals surface area contributed by atoms with E-state index >= 15 is 0 Å². The van der Waals surface area contributed by atoms with Crippen LogP contribution in [0.15, 0.2) is 29.1 Å². The fourth-order valence-corrected chi connectivity index (χ4v) is 1.63. The smallest absolute Gasteiger partial charge is 0.357 e. The summed E-state index contributed by atoms with van der Waals surface area (Å²) in [5, 5.41) is 4.09. The van der Waals surface area contributed by atoms with Crippen LogP contribution >= 0.6 is 15.9 Å². The molecule has 0 bridgehead atoms. The van der Waals surface area contributed by atoms with Gasteiger partial charge in [0.25, 0.3) is 5.95 Å². The van der Waals surface area contributed by atoms with Crippen molar-refractivity contribution in [2.24, 2.45) is 0 Å². The molecule has 7 heteroatoms. The molecule has 2 rings (SSSR count). The molecule has 0 saturated heterocycles. The highest BCUT2D eigenvalue weighted by molar-refractivity contribution is 9.10. The summed E-state index contributed by atoms with van der Waals surface area (Å²) in [6, 6.07) is 3.25. The molecule has 0 N–H and O–H groups in total. The van der Waals surface area contributed by atoms with Gasteiger partial charge in [-0.25, -0.2) is 14.8 Å². The van der Waals surface area contributed by atoms with Crippen molar-refractivity contribution in [2.75, 3.05) is 6.61 Å². The minimum atomic E-state index is -0.460. The van der Waals surface area contributed by atoms with E-state index in [1.54, 1.807) is 31.5 Å². The summed E-state index contributed by atoms with van der Waals surface area (Å²) in [5.41, 5.74) is 0.282. The SMILES string of the molecule is CCOC(=O)c1cc(Br)nn1-c1ncccn1. The van der Waals surface area contributed by atoms with Crippen molar-refractivity contribution < 1.29 is 9.53 Å². The van der Waals surface area contributed by atoms with Crippen LogP contribution in [0.2, 0.25) is 0 Å². The van der Waals surface area contributed by atoms with E-state index in [2.05, 4.69) is 31.0 Å². The Morgan fingerprint density at radius 1 is 1.47 bits per heavy atom. The fraction of sp³-hybridized carbons (Fsp3) is 0.200. The highest BCUT2D eigenvalue weighted by atomic mass is 79.9. The molecule has 0 aromatic carbocycles. The Morgan fingerprint density at radius 3 is 2.82 bits per heavy atom. The molecular formula is C10H9BrN4O2. The number of rotatable bonds is 3. The normalized spacial score (nSPS) is 10.2. The van der Waals surface area contributed by atoms with Gasteiger partial charge in [-0.1, -0.05) is 0 Å². The van der Waals surface area contributed by atoms with Gasteiger partial charge >= 0.3 is 5.97 Å². The first-order chi connectivity index (χ1) is 8.22. The first-order valence-electron chi connectivity index (χ1n) is 4.92. The van der Waals surface area contributed by atoms with Gasteiger partial charge in [-0.2, -0.15) is 9.78 Å². The zero-order valence-corrected chi connectivity index (χ0v) is 10.6. The van der Waals surface area contributed by atoms with Crippen molar-refractivity contribution in [3.63, 3.8) is 0 Å². The third-order valence-corrected chi connectivity index (χ3v) is 2.29. The van der Waals surface area contributed by atoms with Crippen LogP contribution in [-0.4, -0.2) is 32.3 Å². The predicted octanol–water partition coefficient (Wildman–Crippen LogP) is 1.60. The summed E-state index contributed by atoms with van der Waals surface area (Å²) in [7, 11) is 0. The Bertz CT molecular complexity index is 526. The van der Waals surface area contributed by atoms with Gasteiger partial charge in [-0.3, -0.25) is 0 Å². The van der Waals surface area contributed by atoms with Crippen LogP contribution in [0, 0.1) is 0 Å². The Labute approximate surface area is 106 Å². The van der Waals surface area contributed by atoms with Crippen molar-refractivity contribution in [3.05, 3.63) is 34.8 Å². The van der Waals surface area contributed by atoms with Crippen LogP contribution in [0.3, 0.4) is 0 Å². The second-order valence-corrected chi connectivity index (χ2v) is 3.85. The summed E-state index contributed by atoms with van der Waals surface area (Å²) in [6.45, 7) is 2.05. The van der Waals surface area contributed by atoms with Crippen molar-refractivity contribution in [3.8, 4) is 5.95 Å². The van der Waals surface area contributed by atoms with Crippen LogP contribution < -0.4 is 0 Å². The van der Waals surface area contributed by atoms with Crippen molar-refractivity contribution in [1.29, 1.82) is 0 Å². The number of esters is 1. The molecule has 0 saturated carbocycles. The summed E-state index contributed by atoms with van der Waals surface area (Å²) >= 11 is 3.20. The van der Waals surface area contributed by atoms with Crippen LogP contribution in [0.5, 0.6) is 0 Å². The largest absolute Gasteiger partial charge is 0.461 e. The Kier molecular flexibility index (Phi) is 3.48. The highest BCUT2D eigenvalue weighted by Gasteiger charge is 2.18. The van der Waals surface area contributed by atoms with Crippen LogP contribution in [0.4, 0.5) is 0 Å². The quantitative estimate of drug-likeness (QED) is 0.805. The second kappa shape index (κ2) is 5.05. The topological polar surface area (TPSA) is 69.9 Å². The molecule has 88 valence electrons. The fourth-order valence-electron chi connectivity index (χ4n) is 1.26. The average Bonchev–Trinajstić information content (AvgIpc) is 2.73. The van der Waals surface area contributed by atoms with E-state index in [4.69, 9.17) is 4.74 Å². The minimum Gasteiger partial charge on any atom is -0.461 e. The Morgan fingerprint density at radius 2 is 2.18 bits per heavy atom. The van der Waals surface area contributed by atoms with Gasteiger partial charge in [0.15, 0.2) is 5.69 Å². The van der Waals surface area contributed by atoms with E-state index in [0.29, 0.717) is 17.2 Å². The summed E-state index contributed by atoms with van der Waals surface area (Å²) in [6.07, 6.45) is 3.15. The standard InChI is InChI=1S/C10H9BrN4O2/c1-2-17-9(16)7-6-8(11)14-15(7)10-12-4-3-5-13-10/h3-6H,2H2,1H3. The van der Waals surface area contributed by atoms with E-state index in [9.17, 15) is 4.79 Å². The summed E-state index contributed by atoms with van der Waals surface area (Å²) in [4.78, 5) is 19.7. The van der Waals surface area contributed by atoms with Crippen LogP contribution in [0.25, 0.3) is 5.95 Å². The molecule has 0 unspecified atom stereocenters. The molecule has 2 aromatic heterocycles. The monoisotopic (exact) mass is 296 g/mol. The second-order valence-electron chi connectivity index (χ2n) is 3.03. The molecule has 0 aliphatic rings. The number of hydrogen-bond acceptors (Lipinski definition) is 5. The minimum absolute atomic E-state index is 0.282. The average molecular weight is 297 g/mol. The molecule has 0 aliphatic carbocycles. The molecule has 0 aliphatic heterocycles. The van der Waals surface area contributed by atoms with E-state index in [-0.39, 0.29) is 5.69 Å².